The Balaban J connectivity index is 1.62. The van der Waals surface area contributed by atoms with E-state index in [0.29, 0.717) is 21.3 Å². The maximum absolute atomic E-state index is 12.8. The fourth-order valence-electron chi connectivity index (χ4n) is 2.98. The number of aromatic nitrogens is 1. The molecule has 146 valence electrons. The number of nitrogens with zero attached hydrogens (tertiary/aromatic N) is 2. The SMILES string of the molecule is CN(C)c1ccc(NC(=O)c2sc3nc(-c4ccc(Cl)cc4)ccc3c2N)cc1. The molecule has 29 heavy (non-hydrogen) atoms. The van der Waals surface area contributed by atoms with Crippen LogP contribution in [-0.2, 0) is 0 Å². The molecule has 0 spiro atoms. The number of carbonyl (C=O) groups is 1. The number of rotatable bonds is 4. The quantitative estimate of drug-likeness (QED) is 0.454. The van der Waals surface area contributed by atoms with Crippen LogP contribution in [0.2, 0.25) is 5.02 Å². The molecule has 0 radical (unpaired) electrons. The number of hydrogen-bond acceptors (Lipinski definition) is 5. The topological polar surface area (TPSA) is 71.2 Å². The fraction of sp³-hybridized carbons (Fsp3) is 0.0909. The number of pyridine rings is 1. The summed E-state index contributed by atoms with van der Waals surface area (Å²) in [4.78, 5) is 20.6. The van der Waals surface area contributed by atoms with Crippen molar-refractivity contribution in [3.05, 3.63) is 70.6 Å². The first-order chi connectivity index (χ1) is 13.9. The van der Waals surface area contributed by atoms with E-state index < -0.39 is 0 Å². The van der Waals surface area contributed by atoms with E-state index in [1.165, 1.54) is 11.3 Å². The van der Waals surface area contributed by atoms with E-state index in [0.717, 1.165) is 27.2 Å². The number of hydrogen-bond donors (Lipinski definition) is 2. The van der Waals surface area contributed by atoms with Gasteiger partial charge < -0.3 is 16.0 Å². The summed E-state index contributed by atoms with van der Waals surface area (Å²) < 4.78 is 0. The van der Waals surface area contributed by atoms with Gasteiger partial charge in [0.2, 0.25) is 0 Å². The maximum Gasteiger partial charge on any atom is 0.267 e. The van der Waals surface area contributed by atoms with Crippen LogP contribution in [0.1, 0.15) is 9.67 Å². The molecule has 1 amide bonds. The standard InChI is InChI=1S/C22H19ClN4OS/c1-27(2)16-9-7-15(8-10-16)25-21(28)20-19(24)17-11-12-18(26-22(17)29-20)13-3-5-14(23)6-4-13/h3-12H,24H2,1-2H3,(H,25,28). The molecule has 3 N–H and O–H groups in total. The van der Waals surface area contributed by atoms with Crippen LogP contribution >= 0.6 is 22.9 Å². The number of thiophene rings is 1. The summed E-state index contributed by atoms with van der Waals surface area (Å²) >= 11 is 7.25. The normalized spacial score (nSPS) is 10.9. The second-order valence-corrected chi connectivity index (χ2v) is 8.23. The molecule has 0 fully saturated rings. The van der Waals surface area contributed by atoms with Gasteiger partial charge in [-0.15, -0.1) is 11.3 Å². The van der Waals surface area contributed by atoms with Gasteiger partial charge in [0, 0.05) is 41.4 Å². The Kier molecular flexibility index (Phi) is 5.13. The first-order valence-corrected chi connectivity index (χ1v) is 10.2. The minimum absolute atomic E-state index is 0.240. The molecule has 0 aliphatic rings. The Hall–Kier alpha value is -3.09. The van der Waals surface area contributed by atoms with Crippen molar-refractivity contribution in [1.82, 2.24) is 4.98 Å². The molecule has 0 aliphatic carbocycles. The van der Waals surface area contributed by atoms with Crippen LogP contribution in [0.25, 0.3) is 21.5 Å². The van der Waals surface area contributed by atoms with Crippen LogP contribution in [0.3, 0.4) is 0 Å². The molecule has 2 aromatic carbocycles. The molecule has 2 aromatic heterocycles. The molecular formula is C22H19ClN4OS. The van der Waals surface area contributed by atoms with E-state index in [1.807, 2.05) is 79.7 Å². The molecule has 0 saturated carbocycles. The highest BCUT2D eigenvalue weighted by atomic mass is 35.5. The lowest BCUT2D eigenvalue weighted by Crippen LogP contribution is -2.12. The third kappa shape index (κ3) is 3.90. The second kappa shape index (κ2) is 7.73. The van der Waals surface area contributed by atoms with Crippen molar-refractivity contribution in [2.45, 2.75) is 0 Å². The Morgan fingerprint density at radius 1 is 1.03 bits per heavy atom. The van der Waals surface area contributed by atoms with Gasteiger partial charge in [-0.3, -0.25) is 4.79 Å². The first kappa shape index (κ1) is 19.2. The monoisotopic (exact) mass is 422 g/mol. The third-order valence-corrected chi connectivity index (χ3v) is 5.95. The zero-order valence-corrected chi connectivity index (χ0v) is 17.5. The van der Waals surface area contributed by atoms with Crippen molar-refractivity contribution >= 4 is 56.1 Å². The van der Waals surface area contributed by atoms with Crippen molar-refractivity contribution in [1.29, 1.82) is 0 Å². The number of nitrogen functional groups attached to an aromatic ring is 1. The molecular weight excluding hydrogens is 404 g/mol. The van der Waals surface area contributed by atoms with Gasteiger partial charge in [-0.1, -0.05) is 23.7 Å². The molecule has 0 saturated heterocycles. The van der Waals surface area contributed by atoms with Gasteiger partial charge in [-0.05, 0) is 48.5 Å². The Morgan fingerprint density at radius 2 is 1.72 bits per heavy atom. The van der Waals surface area contributed by atoms with E-state index in [4.69, 9.17) is 17.3 Å². The van der Waals surface area contributed by atoms with Gasteiger partial charge >= 0.3 is 0 Å². The van der Waals surface area contributed by atoms with E-state index in [2.05, 4.69) is 10.3 Å². The summed E-state index contributed by atoms with van der Waals surface area (Å²) in [6, 6.07) is 18.9. The number of nitrogens with one attached hydrogen (secondary N) is 1. The predicted molar refractivity (Wildman–Crippen MR) is 123 cm³/mol. The lowest BCUT2D eigenvalue weighted by atomic mass is 10.1. The van der Waals surface area contributed by atoms with Gasteiger partial charge in [0.05, 0.1) is 11.4 Å². The number of fused-ring (bicyclic) bond motifs is 1. The third-order valence-electron chi connectivity index (χ3n) is 4.58. The Bertz CT molecular complexity index is 1180. The molecule has 2 heterocycles. The second-order valence-electron chi connectivity index (χ2n) is 6.80. The average Bonchev–Trinajstić information content (AvgIpc) is 3.05. The lowest BCUT2D eigenvalue weighted by Gasteiger charge is -2.12. The van der Waals surface area contributed by atoms with E-state index >= 15 is 0 Å². The van der Waals surface area contributed by atoms with Crippen LogP contribution in [0.4, 0.5) is 17.1 Å². The maximum atomic E-state index is 12.8. The summed E-state index contributed by atoms with van der Waals surface area (Å²) in [5, 5.41) is 4.36. The van der Waals surface area contributed by atoms with Crippen molar-refractivity contribution in [3.8, 4) is 11.3 Å². The van der Waals surface area contributed by atoms with Crippen LogP contribution in [0.15, 0.2) is 60.7 Å². The molecule has 0 atom stereocenters. The van der Waals surface area contributed by atoms with Gasteiger partial charge in [0.1, 0.15) is 9.71 Å². The van der Waals surface area contributed by atoms with Crippen LogP contribution in [-0.4, -0.2) is 25.0 Å². The molecule has 0 unspecified atom stereocenters. The number of carbonyl (C=O) groups excluding carboxylic acids is 1. The van der Waals surface area contributed by atoms with E-state index in [-0.39, 0.29) is 5.91 Å². The highest BCUT2D eigenvalue weighted by molar-refractivity contribution is 7.21. The fourth-order valence-corrected chi connectivity index (χ4v) is 4.09. The highest BCUT2D eigenvalue weighted by Gasteiger charge is 2.18. The van der Waals surface area contributed by atoms with Crippen molar-refractivity contribution in [2.75, 3.05) is 30.0 Å². The zero-order valence-electron chi connectivity index (χ0n) is 15.9. The van der Waals surface area contributed by atoms with Crippen molar-refractivity contribution in [2.24, 2.45) is 0 Å². The predicted octanol–water partition coefficient (Wildman–Crippen LogP) is 5.52. The molecule has 4 rings (SSSR count). The number of benzene rings is 2. The minimum atomic E-state index is -0.240. The summed E-state index contributed by atoms with van der Waals surface area (Å²) in [7, 11) is 3.94. The number of anilines is 3. The van der Waals surface area contributed by atoms with E-state index in [9.17, 15) is 4.79 Å². The highest BCUT2D eigenvalue weighted by Crippen LogP contribution is 2.35. The van der Waals surface area contributed by atoms with Crippen molar-refractivity contribution in [3.63, 3.8) is 0 Å². The smallest absolute Gasteiger partial charge is 0.267 e. The van der Waals surface area contributed by atoms with Gasteiger partial charge in [-0.2, -0.15) is 0 Å². The summed E-state index contributed by atoms with van der Waals surface area (Å²) in [5.41, 5.74) is 10.2. The Labute approximate surface area is 177 Å². The van der Waals surface area contributed by atoms with Crippen molar-refractivity contribution < 1.29 is 4.79 Å². The molecule has 4 aromatic rings. The zero-order chi connectivity index (χ0) is 20.5. The molecule has 5 nitrogen and oxygen atoms in total. The Morgan fingerprint density at radius 3 is 2.38 bits per heavy atom. The number of nitrogens with two attached hydrogens (primary N) is 1. The molecule has 0 bridgehead atoms. The molecule has 0 aliphatic heterocycles. The molecule has 7 heteroatoms. The first-order valence-electron chi connectivity index (χ1n) is 8.96. The van der Waals surface area contributed by atoms with E-state index in [1.54, 1.807) is 0 Å². The largest absolute Gasteiger partial charge is 0.397 e. The number of halogens is 1. The number of amides is 1. The average molecular weight is 423 g/mol. The minimum Gasteiger partial charge on any atom is -0.397 e. The summed E-state index contributed by atoms with van der Waals surface area (Å²) in [6.45, 7) is 0. The summed E-state index contributed by atoms with van der Waals surface area (Å²) in [5.74, 6) is -0.240. The van der Waals surface area contributed by atoms with Gasteiger partial charge in [0.25, 0.3) is 5.91 Å². The summed E-state index contributed by atoms with van der Waals surface area (Å²) in [6.07, 6.45) is 0. The lowest BCUT2D eigenvalue weighted by molar-refractivity contribution is 0.103. The van der Waals surface area contributed by atoms with Gasteiger partial charge in [0.15, 0.2) is 0 Å². The van der Waals surface area contributed by atoms with Gasteiger partial charge in [-0.25, -0.2) is 4.98 Å². The van der Waals surface area contributed by atoms with Crippen LogP contribution in [0.5, 0.6) is 0 Å². The van der Waals surface area contributed by atoms with Crippen LogP contribution in [0, 0.1) is 0 Å². The van der Waals surface area contributed by atoms with Crippen LogP contribution < -0.4 is 16.0 Å².